The lowest BCUT2D eigenvalue weighted by atomic mass is 9.94. The second kappa shape index (κ2) is 10.6. The van der Waals surface area contributed by atoms with E-state index < -0.39 is 0 Å². The third-order valence-electron chi connectivity index (χ3n) is 8.70. The molecule has 0 spiro atoms. The number of benzene rings is 5. The molecule has 4 heteroatoms. The largest absolute Gasteiger partial charge is 0.274 e. The van der Waals surface area contributed by atoms with E-state index in [1.165, 1.54) is 53.2 Å². The first-order chi connectivity index (χ1) is 21.4. The zero-order valence-corrected chi connectivity index (χ0v) is 26.5. The summed E-state index contributed by atoms with van der Waals surface area (Å²) in [5, 5.41) is 15.7. The van der Waals surface area contributed by atoms with Crippen LogP contribution in [0.4, 0.5) is 0 Å². The van der Waals surface area contributed by atoms with E-state index in [9.17, 15) is 0 Å². The van der Waals surface area contributed by atoms with Crippen molar-refractivity contribution >= 4 is 58.8 Å². The van der Waals surface area contributed by atoms with Gasteiger partial charge in [0.1, 0.15) is 0 Å². The molecule has 0 aliphatic carbocycles. The number of thiophene rings is 1. The molecule has 0 aliphatic heterocycles. The normalized spacial score (nSPS) is 12.2. The van der Waals surface area contributed by atoms with Crippen molar-refractivity contribution in [3.8, 4) is 22.5 Å². The van der Waals surface area contributed by atoms with E-state index in [0.29, 0.717) is 11.8 Å². The quantitative estimate of drug-likeness (QED) is 0.181. The Labute approximate surface area is 261 Å². The predicted octanol–water partition coefficient (Wildman–Crippen LogP) is 11.1. The summed E-state index contributed by atoms with van der Waals surface area (Å²) in [4.78, 5) is 0. The lowest BCUT2D eigenvalue weighted by Gasteiger charge is -2.12. The van der Waals surface area contributed by atoms with Gasteiger partial charge in [-0.2, -0.15) is 0 Å². The van der Waals surface area contributed by atoms with Crippen LogP contribution in [0.2, 0.25) is 0 Å². The number of pyridine rings is 1. The first-order valence-corrected chi connectivity index (χ1v) is 16.5. The van der Waals surface area contributed by atoms with Gasteiger partial charge in [0.05, 0.1) is 5.52 Å². The summed E-state index contributed by atoms with van der Waals surface area (Å²) in [6.07, 6.45) is 2.17. The monoisotopic (exact) mass is 589 g/mol. The number of hydrogen-bond donors (Lipinski definition) is 0. The van der Waals surface area contributed by atoms with Crippen LogP contribution in [0.3, 0.4) is 0 Å². The molecule has 0 unspecified atom stereocenters. The number of nitrogens with zero attached hydrogens (tertiary/aromatic N) is 3. The van der Waals surface area contributed by atoms with Crippen molar-refractivity contribution < 1.29 is 0 Å². The highest BCUT2D eigenvalue weighted by Gasteiger charge is 2.17. The van der Waals surface area contributed by atoms with E-state index in [1.54, 1.807) is 0 Å². The topological polar surface area (TPSA) is 30.2 Å². The SMILES string of the molecule is CC(C)Cc1ccc2sc3c(-c4ccc(-c5nnc6c7ccccc7c7ccccc7n56)cc4)cc(CC(C)C)cc3c2c1. The fourth-order valence-corrected chi connectivity index (χ4v) is 8.07. The molecule has 0 atom stereocenters. The molecule has 216 valence electrons. The third-order valence-corrected chi connectivity index (χ3v) is 9.92. The van der Waals surface area contributed by atoms with Gasteiger partial charge in [-0.25, -0.2) is 0 Å². The van der Waals surface area contributed by atoms with Gasteiger partial charge in [-0.05, 0) is 82.6 Å². The zero-order valence-electron chi connectivity index (χ0n) is 25.6. The van der Waals surface area contributed by atoms with Gasteiger partial charge in [-0.15, -0.1) is 21.5 Å². The molecular formula is C40H35N3S. The lowest BCUT2D eigenvalue weighted by Crippen LogP contribution is -1.95. The summed E-state index contributed by atoms with van der Waals surface area (Å²) < 4.78 is 4.95. The molecule has 3 aromatic heterocycles. The van der Waals surface area contributed by atoms with Gasteiger partial charge in [-0.3, -0.25) is 4.40 Å². The number of hydrogen-bond acceptors (Lipinski definition) is 3. The van der Waals surface area contributed by atoms with E-state index in [0.717, 1.165) is 40.8 Å². The smallest absolute Gasteiger partial charge is 0.169 e. The highest BCUT2D eigenvalue weighted by molar-refractivity contribution is 7.26. The van der Waals surface area contributed by atoms with Crippen LogP contribution in [-0.2, 0) is 12.8 Å². The molecule has 8 aromatic rings. The van der Waals surface area contributed by atoms with Crippen LogP contribution in [0.5, 0.6) is 0 Å². The molecule has 8 rings (SSSR count). The molecule has 0 radical (unpaired) electrons. The van der Waals surface area contributed by atoms with Crippen LogP contribution in [0.15, 0.2) is 103 Å². The fourth-order valence-electron chi connectivity index (χ4n) is 6.87. The van der Waals surface area contributed by atoms with Crippen molar-refractivity contribution in [2.24, 2.45) is 11.8 Å². The van der Waals surface area contributed by atoms with Gasteiger partial charge in [0, 0.05) is 36.5 Å². The average molecular weight is 590 g/mol. The highest BCUT2D eigenvalue weighted by Crippen LogP contribution is 2.42. The number of aromatic nitrogens is 3. The average Bonchev–Trinajstić information content (AvgIpc) is 3.63. The molecular weight excluding hydrogens is 555 g/mol. The standard InChI is InChI=1S/C40H35N3S/c1-24(2)19-26-13-18-37-34(21-26)35-23-27(20-25(3)4)22-33(38(35)44-37)28-14-16-29(17-15-28)39-41-42-40-32-11-6-5-9-30(32)31-10-7-8-12-36(31)43(39)40/h5-18,21-25H,19-20H2,1-4H3. The Hall–Kier alpha value is -4.54. The van der Waals surface area contributed by atoms with E-state index in [2.05, 4.69) is 135 Å². The van der Waals surface area contributed by atoms with Crippen LogP contribution in [-0.4, -0.2) is 14.6 Å². The maximum Gasteiger partial charge on any atom is 0.169 e. The molecule has 0 aliphatic rings. The van der Waals surface area contributed by atoms with Gasteiger partial charge in [-0.1, -0.05) is 100 Å². The second-order valence-corrected chi connectivity index (χ2v) is 14.0. The second-order valence-electron chi connectivity index (χ2n) is 13.0. The van der Waals surface area contributed by atoms with E-state index in [4.69, 9.17) is 10.2 Å². The Bertz CT molecular complexity index is 2340. The Morgan fingerprint density at radius 2 is 1.25 bits per heavy atom. The molecule has 3 nitrogen and oxygen atoms in total. The van der Waals surface area contributed by atoms with Crippen molar-refractivity contribution in [3.63, 3.8) is 0 Å². The van der Waals surface area contributed by atoms with Crippen molar-refractivity contribution in [2.45, 2.75) is 40.5 Å². The van der Waals surface area contributed by atoms with Gasteiger partial charge in [0.25, 0.3) is 0 Å². The first-order valence-electron chi connectivity index (χ1n) is 15.7. The van der Waals surface area contributed by atoms with Gasteiger partial charge < -0.3 is 0 Å². The van der Waals surface area contributed by atoms with Crippen molar-refractivity contribution in [1.82, 2.24) is 14.6 Å². The summed E-state index contributed by atoms with van der Waals surface area (Å²) >= 11 is 1.92. The summed E-state index contributed by atoms with van der Waals surface area (Å²) in [5.41, 5.74) is 8.46. The van der Waals surface area contributed by atoms with Gasteiger partial charge in [0.2, 0.25) is 0 Å². The van der Waals surface area contributed by atoms with E-state index in [-0.39, 0.29) is 0 Å². The molecule has 3 heterocycles. The third kappa shape index (κ3) is 4.48. The summed E-state index contributed by atoms with van der Waals surface area (Å²) in [7, 11) is 0. The van der Waals surface area contributed by atoms with E-state index >= 15 is 0 Å². The lowest BCUT2D eigenvalue weighted by molar-refractivity contribution is 0.647. The summed E-state index contributed by atoms with van der Waals surface area (Å²) in [5.74, 6) is 2.10. The van der Waals surface area contributed by atoms with Crippen LogP contribution < -0.4 is 0 Å². The molecule has 0 saturated heterocycles. The predicted molar refractivity (Wildman–Crippen MR) is 189 cm³/mol. The molecule has 44 heavy (non-hydrogen) atoms. The molecule has 0 saturated carbocycles. The van der Waals surface area contributed by atoms with E-state index in [1.807, 2.05) is 11.3 Å². The Morgan fingerprint density at radius 1 is 0.591 bits per heavy atom. The van der Waals surface area contributed by atoms with Crippen LogP contribution >= 0.6 is 11.3 Å². The number of rotatable bonds is 6. The van der Waals surface area contributed by atoms with Crippen LogP contribution in [0.1, 0.15) is 38.8 Å². The minimum absolute atomic E-state index is 0.594. The zero-order chi connectivity index (χ0) is 29.9. The first kappa shape index (κ1) is 27.0. The van der Waals surface area contributed by atoms with Gasteiger partial charge >= 0.3 is 0 Å². The molecule has 0 fully saturated rings. The van der Waals surface area contributed by atoms with Crippen molar-refractivity contribution in [1.29, 1.82) is 0 Å². The number of para-hydroxylation sites is 1. The minimum Gasteiger partial charge on any atom is -0.274 e. The summed E-state index contributed by atoms with van der Waals surface area (Å²) in [6, 6.07) is 38.0. The Morgan fingerprint density at radius 3 is 2.02 bits per heavy atom. The maximum atomic E-state index is 4.74. The number of fused-ring (bicyclic) bond motifs is 9. The Balaban J connectivity index is 1.29. The van der Waals surface area contributed by atoms with Crippen molar-refractivity contribution in [2.75, 3.05) is 0 Å². The van der Waals surface area contributed by atoms with Gasteiger partial charge in [0.15, 0.2) is 11.5 Å². The molecule has 0 amide bonds. The van der Waals surface area contributed by atoms with Crippen molar-refractivity contribution in [3.05, 3.63) is 114 Å². The van der Waals surface area contributed by atoms with Crippen LogP contribution in [0, 0.1) is 11.8 Å². The fraction of sp³-hybridized carbons (Fsp3) is 0.200. The summed E-state index contributed by atoms with van der Waals surface area (Å²) in [6.45, 7) is 9.21. The maximum absolute atomic E-state index is 4.74. The molecule has 5 aromatic carbocycles. The highest BCUT2D eigenvalue weighted by atomic mass is 32.1. The van der Waals surface area contributed by atoms with Crippen LogP contribution in [0.25, 0.3) is 70.0 Å². The Kier molecular flexibility index (Phi) is 6.50. The molecule has 0 N–H and O–H groups in total. The molecule has 0 bridgehead atoms. The minimum atomic E-state index is 0.594.